The molecule has 0 aliphatic carbocycles. The Morgan fingerprint density at radius 3 is 2.19 bits per heavy atom. The molecule has 1 radical (unpaired) electrons. The molecule has 0 bridgehead atoms. The predicted molar refractivity (Wildman–Crippen MR) is 254 cm³/mol. The molecule has 0 spiro atoms. The Morgan fingerprint density at radius 2 is 1.51 bits per heavy atom. The van der Waals surface area contributed by atoms with Gasteiger partial charge in [0.05, 0.1) is 22.4 Å². The van der Waals surface area contributed by atoms with E-state index in [1.54, 1.807) is 31.2 Å². The van der Waals surface area contributed by atoms with Gasteiger partial charge in [-0.25, -0.2) is 13.8 Å². The summed E-state index contributed by atoms with van der Waals surface area (Å²) in [6.45, 7) is 5.44. The van der Waals surface area contributed by atoms with Crippen molar-refractivity contribution >= 4 is 71.2 Å². The minimum Gasteiger partial charge on any atom is -0.326 e. The van der Waals surface area contributed by atoms with Crippen LogP contribution in [0.2, 0.25) is 17.3 Å². The number of benzene rings is 4. The minimum absolute atomic E-state index is 0. The maximum absolute atomic E-state index is 15.8. The molecule has 4 aromatic carbocycles. The summed E-state index contributed by atoms with van der Waals surface area (Å²) < 4.78 is 95.6. The molecule has 0 amide bonds. The topological polar surface area (TPSA) is 56.5 Å². The molecule has 5 aromatic heterocycles. The van der Waals surface area contributed by atoms with Gasteiger partial charge in [0.1, 0.15) is 22.2 Å². The second-order valence-corrected chi connectivity index (χ2v) is 29.3. The average Bonchev–Trinajstić information content (AvgIpc) is 3.80. The first-order valence-electron chi connectivity index (χ1n) is 23.6. The molecule has 0 fully saturated rings. The van der Waals surface area contributed by atoms with E-state index in [0.717, 1.165) is 44.9 Å². The predicted octanol–water partition coefficient (Wildman–Crippen LogP) is 13.6. The van der Waals surface area contributed by atoms with Crippen LogP contribution in [0, 0.1) is 62.0 Å². The van der Waals surface area contributed by atoms with Gasteiger partial charge in [-0.15, -0.1) is 18.2 Å². The summed E-state index contributed by atoms with van der Waals surface area (Å²) in [5, 5.41) is 2.54. The van der Waals surface area contributed by atoms with Crippen molar-refractivity contribution in [3.63, 3.8) is 0 Å². The van der Waals surface area contributed by atoms with Crippen LogP contribution in [0.1, 0.15) is 64.0 Å². The molecule has 0 aliphatic rings. The number of hydrogen-bond donors (Lipinski definition) is 0. The summed E-state index contributed by atoms with van der Waals surface area (Å²) in [5.74, 6) is 6.03. The molecule has 9 aromatic rings. The van der Waals surface area contributed by atoms with Crippen LogP contribution in [0.5, 0.6) is 0 Å². The molecule has 0 atom stereocenters. The summed E-state index contributed by atoms with van der Waals surface area (Å²) >= 11 is -0.598. The third-order valence-electron chi connectivity index (χ3n) is 10.6. The fraction of sp³-hybridized carbons (Fsp3) is 0.269. The van der Waals surface area contributed by atoms with Crippen LogP contribution >= 0.6 is 11.3 Å². The number of aromatic nitrogens is 5. The maximum atomic E-state index is 15.8. The van der Waals surface area contributed by atoms with Gasteiger partial charge in [0.15, 0.2) is 0 Å². The van der Waals surface area contributed by atoms with Crippen molar-refractivity contribution < 1.29 is 41.5 Å². The van der Waals surface area contributed by atoms with Crippen molar-refractivity contribution in [1.82, 2.24) is 24.5 Å². The molecule has 0 saturated heterocycles. The molecule has 0 aliphatic heterocycles. The summed E-state index contributed by atoms with van der Waals surface area (Å²) in [4.78, 5) is 19.6. The van der Waals surface area contributed by atoms with Crippen molar-refractivity contribution in [2.75, 3.05) is 0 Å². The average molecular weight is 1100 g/mol. The summed E-state index contributed by atoms with van der Waals surface area (Å²) in [6, 6.07) is 27.4. The summed E-state index contributed by atoms with van der Waals surface area (Å²) in [5.41, 5.74) is 4.48. The first-order chi connectivity index (χ1) is 31.9. The molecule has 5 heterocycles. The van der Waals surface area contributed by atoms with E-state index < -0.39 is 44.4 Å². The van der Waals surface area contributed by atoms with Crippen LogP contribution in [0.25, 0.3) is 70.6 Å². The number of nitrogens with zero attached hydrogens (tertiary/aromatic N) is 5. The SMILES string of the molecule is [2H]C([2H])([2H])c1c[c-]c(-c2cc(CC(C)C)[c]([Ge]([CH3])([CH3])[CH3])cn2)c(F)c1.[2H]C([2H])([2H])c1ccc2ccc3nc(-c4[c-]ccc5c4sc4nc(CC(C)C)ccc45)n(-c4c(F)cc(C)cc4F)c3c2n1.[Ir]. The zero-order valence-corrected chi connectivity index (χ0v) is 41.6. The van der Waals surface area contributed by atoms with Gasteiger partial charge >= 0.3 is 140 Å². The van der Waals surface area contributed by atoms with Crippen molar-refractivity contribution in [1.29, 1.82) is 0 Å². The largest absolute Gasteiger partial charge is 0.326 e. The van der Waals surface area contributed by atoms with E-state index in [0.29, 0.717) is 45.1 Å². The van der Waals surface area contributed by atoms with Crippen LogP contribution in [0.4, 0.5) is 13.2 Å². The zero-order chi connectivity index (χ0) is 49.2. The molecule has 325 valence electrons. The molecule has 63 heavy (non-hydrogen) atoms. The van der Waals surface area contributed by atoms with E-state index in [1.165, 1.54) is 50.1 Å². The number of hydrogen-bond acceptors (Lipinski definition) is 5. The molecule has 9 rings (SSSR count). The number of thiophene rings is 1. The Morgan fingerprint density at radius 1 is 0.778 bits per heavy atom. The zero-order valence-electron chi connectivity index (χ0n) is 42.3. The van der Waals surface area contributed by atoms with Crippen molar-refractivity contribution in [3.05, 3.63) is 143 Å². The number of halogens is 3. The monoisotopic (exact) mass is 1110 g/mol. The van der Waals surface area contributed by atoms with Crippen LogP contribution in [-0.2, 0) is 32.9 Å². The standard InChI is InChI=1S/C33H25F2N4S.C19H25FGeN.Ir/c1-17(2)14-21-11-12-23-22-6-5-7-24(31(22)40-33(23)37-21)32-38-27-13-10-20-9-8-19(4)36-28(20)30(27)39(32)29-25(34)15-18(3)16-26(29)35;1-13(2)9-15-11-19(22-12-18(15)21(4,5)6)16-8-7-14(3)10-17(16)20;/h5-6,8-13,15-17H,14H2,1-4H3;7,10-13H,9H2,1-6H3;/q2*-1;/i4D3;3D3;. The van der Waals surface area contributed by atoms with Crippen molar-refractivity contribution in [2.24, 2.45) is 11.8 Å². The second-order valence-electron chi connectivity index (χ2n) is 17.7. The molecular weight excluding hydrogens is 1050 g/mol. The Kier molecular flexibility index (Phi) is 11.3. The Bertz CT molecular complexity index is 3380. The summed E-state index contributed by atoms with van der Waals surface area (Å²) in [6.07, 6.45) is 3.66. The smallest absolute Gasteiger partial charge is 0.149 e. The fourth-order valence-electron chi connectivity index (χ4n) is 7.98. The van der Waals surface area contributed by atoms with E-state index in [1.807, 2.05) is 24.4 Å². The van der Waals surface area contributed by atoms with E-state index >= 15 is 8.78 Å². The van der Waals surface area contributed by atoms with Gasteiger partial charge in [-0.05, 0) is 72.1 Å². The third-order valence-corrected chi connectivity index (χ3v) is 16.1. The van der Waals surface area contributed by atoms with Crippen LogP contribution < -0.4 is 4.40 Å². The van der Waals surface area contributed by atoms with Crippen LogP contribution in [-0.4, -0.2) is 37.8 Å². The maximum Gasteiger partial charge on any atom is 0.149 e. The van der Waals surface area contributed by atoms with E-state index in [9.17, 15) is 4.39 Å². The van der Waals surface area contributed by atoms with Gasteiger partial charge in [0.25, 0.3) is 0 Å². The molecule has 11 heteroatoms. The van der Waals surface area contributed by atoms with E-state index in [4.69, 9.17) is 18.2 Å². The number of pyridine rings is 3. The number of imidazole rings is 1. The molecular formula is C52H50F3GeIrN5S-2. The Balaban J connectivity index is 0.000000232. The quantitative estimate of drug-likeness (QED) is 0.112. The normalized spacial score (nSPS) is 13.7. The minimum atomic E-state index is -2.47. The molecule has 0 N–H and O–H groups in total. The van der Waals surface area contributed by atoms with Crippen LogP contribution in [0.15, 0.2) is 85.1 Å². The fourth-order valence-corrected chi connectivity index (χ4v) is 12.5. The number of aryl methyl sites for hydroxylation is 3. The first-order valence-corrected chi connectivity index (χ1v) is 28.8. The van der Waals surface area contributed by atoms with Gasteiger partial charge in [0.2, 0.25) is 0 Å². The molecule has 0 saturated carbocycles. The molecule has 5 nitrogen and oxygen atoms in total. The second kappa shape index (κ2) is 18.4. The van der Waals surface area contributed by atoms with E-state index in [-0.39, 0.29) is 54.0 Å². The van der Waals surface area contributed by atoms with Gasteiger partial charge < -0.3 is 4.57 Å². The number of fused-ring (bicyclic) bond motifs is 6. The van der Waals surface area contributed by atoms with Crippen LogP contribution in [0.3, 0.4) is 0 Å². The third kappa shape index (κ3) is 9.42. The van der Waals surface area contributed by atoms with Gasteiger partial charge in [0, 0.05) is 41.0 Å². The Labute approximate surface area is 396 Å². The number of rotatable bonds is 8. The van der Waals surface area contributed by atoms with Gasteiger partial charge in [-0.3, -0.25) is 9.97 Å². The molecule has 0 unspecified atom stereocenters. The van der Waals surface area contributed by atoms with Gasteiger partial charge in [-0.2, -0.15) is 11.3 Å². The van der Waals surface area contributed by atoms with Crippen molar-refractivity contribution in [2.45, 2.75) is 78.4 Å². The van der Waals surface area contributed by atoms with E-state index in [2.05, 4.69) is 73.1 Å². The van der Waals surface area contributed by atoms with Crippen molar-refractivity contribution in [3.8, 4) is 28.3 Å². The first kappa shape index (κ1) is 38.7. The van der Waals surface area contributed by atoms with Gasteiger partial charge in [-0.1, -0.05) is 43.0 Å². The summed E-state index contributed by atoms with van der Waals surface area (Å²) in [7, 11) is 0. The Hall–Kier alpha value is -4.74.